The van der Waals surface area contributed by atoms with Crippen LogP contribution in [0.2, 0.25) is 0 Å². The molecule has 2 rings (SSSR count). The van der Waals surface area contributed by atoms with Crippen molar-refractivity contribution in [1.82, 2.24) is 0 Å². The first-order valence-corrected chi connectivity index (χ1v) is 5.01. The van der Waals surface area contributed by atoms with E-state index >= 15 is 0 Å². The Hall–Kier alpha value is -0.385. The fourth-order valence-corrected chi connectivity index (χ4v) is 1.74. The molecular weight excluding hydrogens is 238 g/mol. The maximum Gasteiger partial charge on any atom is 0.491 e. The molecule has 0 aliphatic carbocycles. The van der Waals surface area contributed by atoms with Crippen LogP contribution in [0.25, 0.3) is 0 Å². The first-order chi connectivity index (χ1) is 6.22. The fourth-order valence-electron chi connectivity index (χ4n) is 1.42. The Bertz CT molecular complexity index is 345. The van der Waals surface area contributed by atoms with Gasteiger partial charge in [-0.3, -0.25) is 0 Å². The molecule has 0 saturated carbocycles. The molecule has 13 heavy (non-hydrogen) atoms. The maximum absolute atomic E-state index is 13.3. The van der Waals surface area contributed by atoms with Crippen molar-refractivity contribution in [2.75, 3.05) is 0 Å². The van der Waals surface area contributed by atoms with Crippen LogP contribution in [0.4, 0.5) is 4.39 Å². The van der Waals surface area contributed by atoms with Crippen LogP contribution in [0.15, 0.2) is 12.1 Å². The van der Waals surface area contributed by atoms with Crippen molar-refractivity contribution >= 4 is 28.5 Å². The SMILES string of the molecule is OB1OCc2c(F)cc(CBr)cc21. The molecule has 0 amide bonds. The Labute approximate surface area is 84.0 Å². The molecule has 1 heterocycles. The van der Waals surface area contributed by atoms with Gasteiger partial charge in [0.1, 0.15) is 5.82 Å². The molecule has 5 heteroatoms. The molecule has 1 aromatic carbocycles. The van der Waals surface area contributed by atoms with Gasteiger partial charge in [-0.05, 0) is 17.1 Å². The predicted molar refractivity (Wildman–Crippen MR) is 51.4 cm³/mol. The zero-order valence-electron chi connectivity index (χ0n) is 6.76. The third-order valence-corrected chi connectivity index (χ3v) is 2.74. The van der Waals surface area contributed by atoms with E-state index in [0.29, 0.717) is 16.4 Å². The first kappa shape index (κ1) is 9.18. The first-order valence-electron chi connectivity index (χ1n) is 3.89. The summed E-state index contributed by atoms with van der Waals surface area (Å²) in [5.41, 5.74) is 1.83. The molecule has 1 aliphatic rings. The monoisotopic (exact) mass is 244 g/mol. The van der Waals surface area contributed by atoms with Gasteiger partial charge in [0.15, 0.2) is 0 Å². The van der Waals surface area contributed by atoms with Gasteiger partial charge in [-0.25, -0.2) is 4.39 Å². The number of halogens is 2. The highest BCUT2D eigenvalue weighted by atomic mass is 79.9. The van der Waals surface area contributed by atoms with Crippen LogP contribution in [-0.2, 0) is 16.6 Å². The molecule has 0 spiro atoms. The standard InChI is InChI=1S/C8H7BBrFO2/c10-3-5-1-7-6(8(11)2-5)4-13-9(7)12/h1-2,12H,3-4H2. The van der Waals surface area contributed by atoms with E-state index in [-0.39, 0.29) is 12.4 Å². The van der Waals surface area contributed by atoms with Crippen LogP contribution >= 0.6 is 15.9 Å². The third-order valence-electron chi connectivity index (χ3n) is 2.10. The lowest BCUT2D eigenvalue weighted by molar-refractivity contribution is 0.272. The molecule has 2 nitrogen and oxygen atoms in total. The quantitative estimate of drug-likeness (QED) is 0.589. The van der Waals surface area contributed by atoms with E-state index in [1.54, 1.807) is 6.07 Å². The molecule has 0 saturated heterocycles. The van der Waals surface area contributed by atoms with E-state index in [2.05, 4.69) is 15.9 Å². The molecule has 68 valence electrons. The average Bonchev–Trinajstić information content (AvgIpc) is 2.48. The Balaban J connectivity index is 2.53. The summed E-state index contributed by atoms with van der Waals surface area (Å²) in [6.45, 7) is 0.158. The number of benzene rings is 1. The lowest BCUT2D eigenvalue weighted by atomic mass is 9.79. The van der Waals surface area contributed by atoms with E-state index in [1.807, 2.05) is 0 Å². The van der Waals surface area contributed by atoms with Gasteiger partial charge >= 0.3 is 7.12 Å². The van der Waals surface area contributed by atoms with Gasteiger partial charge in [0.05, 0.1) is 6.61 Å². The van der Waals surface area contributed by atoms with Gasteiger partial charge in [0.2, 0.25) is 0 Å². The zero-order chi connectivity index (χ0) is 9.42. The normalized spacial score (nSPS) is 14.8. The van der Waals surface area contributed by atoms with E-state index < -0.39 is 7.12 Å². The molecule has 0 radical (unpaired) electrons. The Kier molecular flexibility index (Phi) is 2.40. The number of fused-ring (bicyclic) bond motifs is 1. The summed E-state index contributed by atoms with van der Waals surface area (Å²) in [5, 5.41) is 9.89. The number of hydrogen-bond donors (Lipinski definition) is 1. The lowest BCUT2D eigenvalue weighted by Gasteiger charge is -2.02. The van der Waals surface area contributed by atoms with Crippen LogP contribution in [0.3, 0.4) is 0 Å². The van der Waals surface area contributed by atoms with Gasteiger partial charge in [0.25, 0.3) is 0 Å². The Morgan fingerprint density at radius 1 is 1.62 bits per heavy atom. The van der Waals surface area contributed by atoms with E-state index in [1.165, 1.54) is 6.07 Å². The van der Waals surface area contributed by atoms with E-state index in [0.717, 1.165) is 5.56 Å². The van der Waals surface area contributed by atoms with Gasteiger partial charge in [-0.15, -0.1) is 0 Å². The maximum atomic E-state index is 13.3. The van der Waals surface area contributed by atoms with Crippen molar-refractivity contribution in [3.05, 3.63) is 29.1 Å². The summed E-state index contributed by atoms with van der Waals surface area (Å²) in [6.07, 6.45) is 0. The zero-order valence-corrected chi connectivity index (χ0v) is 8.34. The van der Waals surface area contributed by atoms with Gasteiger partial charge in [-0.1, -0.05) is 22.0 Å². The summed E-state index contributed by atoms with van der Waals surface area (Å²) >= 11 is 3.23. The second kappa shape index (κ2) is 3.40. The largest absolute Gasteiger partial charge is 0.491 e. The Morgan fingerprint density at radius 2 is 2.38 bits per heavy atom. The molecular formula is C8H7BBrFO2. The van der Waals surface area contributed by atoms with Gasteiger partial charge in [0, 0.05) is 10.9 Å². The minimum absolute atomic E-state index is 0.158. The average molecular weight is 245 g/mol. The molecule has 0 unspecified atom stereocenters. The van der Waals surface area contributed by atoms with Crippen molar-refractivity contribution in [3.8, 4) is 0 Å². The number of hydrogen-bond acceptors (Lipinski definition) is 2. The van der Waals surface area contributed by atoms with Crippen molar-refractivity contribution in [1.29, 1.82) is 0 Å². The molecule has 0 bridgehead atoms. The van der Waals surface area contributed by atoms with Gasteiger partial charge in [-0.2, -0.15) is 0 Å². The summed E-state index contributed by atoms with van der Waals surface area (Å²) in [7, 11) is -0.969. The van der Waals surface area contributed by atoms with Crippen molar-refractivity contribution in [2.24, 2.45) is 0 Å². The van der Waals surface area contributed by atoms with Crippen LogP contribution in [0, 0.1) is 5.82 Å². The van der Waals surface area contributed by atoms with Gasteiger partial charge < -0.3 is 9.68 Å². The highest BCUT2D eigenvalue weighted by Gasteiger charge is 2.29. The smallest absolute Gasteiger partial charge is 0.423 e. The fraction of sp³-hybridized carbons (Fsp3) is 0.250. The minimum atomic E-state index is -0.969. The van der Waals surface area contributed by atoms with Crippen molar-refractivity contribution in [2.45, 2.75) is 11.9 Å². The summed E-state index contributed by atoms with van der Waals surface area (Å²) in [6, 6.07) is 3.21. The number of rotatable bonds is 1. The van der Waals surface area contributed by atoms with Crippen molar-refractivity contribution in [3.63, 3.8) is 0 Å². The predicted octanol–water partition coefficient (Wildman–Crippen LogP) is 0.938. The van der Waals surface area contributed by atoms with Crippen LogP contribution in [0.5, 0.6) is 0 Å². The second-order valence-corrected chi connectivity index (χ2v) is 3.50. The minimum Gasteiger partial charge on any atom is -0.423 e. The highest BCUT2D eigenvalue weighted by Crippen LogP contribution is 2.17. The lowest BCUT2D eigenvalue weighted by Crippen LogP contribution is -2.28. The van der Waals surface area contributed by atoms with E-state index in [9.17, 15) is 9.41 Å². The molecule has 0 atom stereocenters. The van der Waals surface area contributed by atoms with Crippen LogP contribution in [-0.4, -0.2) is 12.1 Å². The highest BCUT2D eigenvalue weighted by molar-refractivity contribution is 9.08. The summed E-state index contributed by atoms with van der Waals surface area (Å²) < 4.78 is 18.2. The molecule has 0 fully saturated rings. The Morgan fingerprint density at radius 3 is 3.08 bits per heavy atom. The summed E-state index contributed by atoms with van der Waals surface area (Å²) in [5.74, 6) is -0.302. The third kappa shape index (κ3) is 1.52. The van der Waals surface area contributed by atoms with Crippen molar-refractivity contribution < 1.29 is 14.1 Å². The topological polar surface area (TPSA) is 29.5 Å². The second-order valence-electron chi connectivity index (χ2n) is 2.94. The molecule has 1 N–H and O–H groups in total. The number of alkyl halides is 1. The van der Waals surface area contributed by atoms with Crippen LogP contribution < -0.4 is 5.46 Å². The molecule has 0 aromatic heterocycles. The molecule has 1 aliphatic heterocycles. The van der Waals surface area contributed by atoms with E-state index in [4.69, 9.17) is 4.65 Å². The summed E-state index contributed by atoms with van der Waals surface area (Å²) in [4.78, 5) is 0. The molecule has 1 aromatic rings. The van der Waals surface area contributed by atoms with Crippen LogP contribution in [0.1, 0.15) is 11.1 Å².